The number of amides is 1. The standard InChI is InChI=1S/C19H22ClNO4S/c1-12-9-16(10-13(2)19(12)20)25-11-18(22)21-14(3)15-5-7-17(8-6-15)26(4,23)24/h5-10,14H,11H2,1-4H3,(H,21,22)/t14-/m1/s1. The third-order valence-corrected chi connectivity index (χ3v) is 5.69. The van der Waals surface area contributed by atoms with Crippen molar-refractivity contribution in [3.63, 3.8) is 0 Å². The highest BCUT2D eigenvalue weighted by Crippen LogP contribution is 2.25. The maximum absolute atomic E-state index is 12.1. The molecule has 2 aromatic rings. The molecule has 5 nitrogen and oxygen atoms in total. The Balaban J connectivity index is 1.95. The molecule has 7 heteroatoms. The molecule has 0 saturated heterocycles. The number of sulfone groups is 1. The number of hydrogen-bond donors (Lipinski definition) is 1. The van der Waals surface area contributed by atoms with Crippen LogP contribution in [0.5, 0.6) is 5.75 Å². The molecule has 1 amide bonds. The molecule has 0 aliphatic heterocycles. The van der Waals surface area contributed by atoms with Crippen LogP contribution in [0.15, 0.2) is 41.3 Å². The third kappa shape index (κ3) is 5.22. The van der Waals surface area contributed by atoms with E-state index in [1.165, 1.54) is 12.1 Å². The number of carbonyl (C=O) groups is 1. The predicted molar refractivity (Wildman–Crippen MR) is 103 cm³/mol. The van der Waals surface area contributed by atoms with Gasteiger partial charge < -0.3 is 10.1 Å². The molecule has 0 radical (unpaired) electrons. The third-order valence-electron chi connectivity index (χ3n) is 3.97. The average molecular weight is 396 g/mol. The van der Waals surface area contributed by atoms with Crippen LogP contribution in [0.4, 0.5) is 0 Å². The molecule has 0 saturated carbocycles. The zero-order valence-electron chi connectivity index (χ0n) is 15.2. The lowest BCUT2D eigenvalue weighted by Gasteiger charge is -2.15. The number of halogens is 1. The second kappa shape index (κ2) is 8.10. The number of ether oxygens (including phenoxy) is 1. The smallest absolute Gasteiger partial charge is 0.258 e. The molecule has 0 aliphatic carbocycles. The lowest BCUT2D eigenvalue weighted by molar-refractivity contribution is -0.123. The van der Waals surface area contributed by atoms with E-state index in [9.17, 15) is 13.2 Å². The van der Waals surface area contributed by atoms with Gasteiger partial charge in [0.2, 0.25) is 0 Å². The maximum atomic E-state index is 12.1. The first-order valence-corrected chi connectivity index (χ1v) is 10.3. The Morgan fingerprint density at radius 1 is 1.15 bits per heavy atom. The summed E-state index contributed by atoms with van der Waals surface area (Å²) in [6.07, 6.45) is 1.16. The fourth-order valence-corrected chi connectivity index (χ4v) is 3.25. The van der Waals surface area contributed by atoms with Crippen LogP contribution < -0.4 is 10.1 Å². The minimum atomic E-state index is -3.23. The molecule has 1 N–H and O–H groups in total. The van der Waals surface area contributed by atoms with Gasteiger partial charge in [0.25, 0.3) is 5.91 Å². The van der Waals surface area contributed by atoms with Gasteiger partial charge >= 0.3 is 0 Å². The summed E-state index contributed by atoms with van der Waals surface area (Å²) in [7, 11) is -3.23. The highest BCUT2D eigenvalue weighted by molar-refractivity contribution is 7.90. The van der Waals surface area contributed by atoms with Crippen molar-refractivity contribution in [1.82, 2.24) is 5.32 Å². The predicted octanol–water partition coefficient (Wildman–Crippen LogP) is 3.62. The summed E-state index contributed by atoms with van der Waals surface area (Å²) in [5, 5.41) is 3.51. The van der Waals surface area contributed by atoms with E-state index in [1.807, 2.05) is 20.8 Å². The van der Waals surface area contributed by atoms with Crippen molar-refractivity contribution in [2.75, 3.05) is 12.9 Å². The molecule has 0 heterocycles. The van der Waals surface area contributed by atoms with E-state index < -0.39 is 9.84 Å². The fourth-order valence-electron chi connectivity index (χ4n) is 2.51. The number of benzene rings is 2. The summed E-state index contributed by atoms with van der Waals surface area (Å²) in [4.78, 5) is 12.4. The van der Waals surface area contributed by atoms with Crippen LogP contribution in [0.2, 0.25) is 5.02 Å². The highest BCUT2D eigenvalue weighted by atomic mass is 35.5. The molecule has 0 fully saturated rings. The number of nitrogens with one attached hydrogen (secondary N) is 1. The Labute approximate surface area is 159 Å². The van der Waals surface area contributed by atoms with Crippen molar-refractivity contribution in [3.05, 3.63) is 58.1 Å². The molecule has 140 valence electrons. The number of rotatable bonds is 6. The zero-order chi connectivity index (χ0) is 19.5. The molecule has 0 aromatic heterocycles. The number of carbonyl (C=O) groups excluding carboxylic acids is 1. The summed E-state index contributed by atoms with van der Waals surface area (Å²) in [5.41, 5.74) is 2.59. The summed E-state index contributed by atoms with van der Waals surface area (Å²) >= 11 is 6.12. The lowest BCUT2D eigenvalue weighted by Crippen LogP contribution is -2.31. The van der Waals surface area contributed by atoms with Gasteiger partial charge in [0, 0.05) is 11.3 Å². The van der Waals surface area contributed by atoms with Crippen molar-refractivity contribution in [2.45, 2.75) is 31.7 Å². The van der Waals surface area contributed by atoms with Crippen molar-refractivity contribution in [3.8, 4) is 5.75 Å². The molecule has 0 unspecified atom stereocenters. The first-order valence-electron chi connectivity index (χ1n) is 8.07. The molecule has 2 rings (SSSR count). The summed E-state index contributed by atoms with van der Waals surface area (Å²) in [6, 6.07) is 9.74. The second-order valence-corrected chi connectivity index (χ2v) is 8.68. The van der Waals surface area contributed by atoms with E-state index in [0.29, 0.717) is 10.8 Å². The van der Waals surface area contributed by atoms with E-state index in [-0.39, 0.29) is 23.5 Å². The molecule has 1 atom stereocenters. The average Bonchev–Trinajstić information content (AvgIpc) is 2.57. The van der Waals surface area contributed by atoms with Gasteiger partial charge in [0.15, 0.2) is 16.4 Å². The summed E-state index contributed by atoms with van der Waals surface area (Å²) < 4.78 is 28.5. The highest BCUT2D eigenvalue weighted by Gasteiger charge is 2.13. The fraction of sp³-hybridized carbons (Fsp3) is 0.316. The van der Waals surface area contributed by atoms with Crippen LogP contribution >= 0.6 is 11.6 Å². The Bertz CT molecular complexity index is 885. The Morgan fingerprint density at radius 3 is 2.19 bits per heavy atom. The van der Waals surface area contributed by atoms with Crippen LogP contribution in [0.25, 0.3) is 0 Å². The molecule has 0 aliphatic rings. The monoisotopic (exact) mass is 395 g/mol. The van der Waals surface area contributed by atoms with Crippen molar-refractivity contribution in [2.24, 2.45) is 0 Å². The first kappa shape index (κ1) is 20.3. The lowest BCUT2D eigenvalue weighted by atomic mass is 10.1. The second-order valence-electron chi connectivity index (χ2n) is 6.29. The molecular formula is C19H22ClNO4S. The minimum absolute atomic E-state index is 0.119. The zero-order valence-corrected chi connectivity index (χ0v) is 16.7. The topological polar surface area (TPSA) is 72.5 Å². The SMILES string of the molecule is Cc1cc(OCC(=O)N[C@H](C)c2ccc(S(C)(=O)=O)cc2)cc(C)c1Cl. The Kier molecular flexibility index (Phi) is 6.31. The van der Waals surface area contributed by atoms with Gasteiger partial charge in [-0.15, -0.1) is 0 Å². The van der Waals surface area contributed by atoms with Gasteiger partial charge in [0.05, 0.1) is 10.9 Å². The van der Waals surface area contributed by atoms with E-state index in [1.54, 1.807) is 24.3 Å². The van der Waals surface area contributed by atoms with Crippen molar-refractivity contribution < 1.29 is 17.9 Å². The van der Waals surface area contributed by atoms with Gasteiger partial charge in [-0.3, -0.25) is 4.79 Å². The molecular weight excluding hydrogens is 374 g/mol. The van der Waals surface area contributed by atoms with Crippen LogP contribution in [-0.2, 0) is 14.6 Å². The van der Waals surface area contributed by atoms with Gasteiger partial charge in [-0.25, -0.2) is 8.42 Å². The minimum Gasteiger partial charge on any atom is -0.484 e. The van der Waals surface area contributed by atoms with E-state index in [2.05, 4.69) is 5.32 Å². The van der Waals surface area contributed by atoms with Crippen molar-refractivity contribution in [1.29, 1.82) is 0 Å². The molecule has 0 spiro atoms. The van der Waals surface area contributed by atoms with Crippen LogP contribution in [-0.4, -0.2) is 27.2 Å². The van der Waals surface area contributed by atoms with Crippen LogP contribution in [0.3, 0.4) is 0 Å². The maximum Gasteiger partial charge on any atom is 0.258 e. The number of aryl methyl sites for hydroxylation is 2. The Morgan fingerprint density at radius 2 is 1.69 bits per heavy atom. The van der Waals surface area contributed by atoms with E-state index in [0.717, 1.165) is 22.9 Å². The van der Waals surface area contributed by atoms with Crippen LogP contribution in [0.1, 0.15) is 29.7 Å². The van der Waals surface area contributed by atoms with Crippen LogP contribution in [0, 0.1) is 13.8 Å². The summed E-state index contributed by atoms with van der Waals surface area (Å²) in [5.74, 6) is 0.319. The normalized spacial score (nSPS) is 12.5. The quantitative estimate of drug-likeness (QED) is 0.810. The van der Waals surface area contributed by atoms with Gasteiger partial charge in [-0.1, -0.05) is 23.7 Å². The largest absolute Gasteiger partial charge is 0.484 e. The summed E-state index contributed by atoms with van der Waals surface area (Å²) in [6.45, 7) is 5.46. The molecule has 26 heavy (non-hydrogen) atoms. The van der Waals surface area contributed by atoms with E-state index >= 15 is 0 Å². The first-order chi connectivity index (χ1) is 12.1. The van der Waals surface area contributed by atoms with E-state index in [4.69, 9.17) is 16.3 Å². The van der Waals surface area contributed by atoms with Gasteiger partial charge in [-0.2, -0.15) is 0 Å². The van der Waals surface area contributed by atoms with Gasteiger partial charge in [-0.05, 0) is 61.7 Å². The molecule has 2 aromatic carbocycles. The number of hydrogen-bond acceptors (Lipinski definition) is 4. The molecule has 0 bridgehead atoms. The van der Waals surface area contributed by atoms with Gasteiger partial charge in [0.1, 0.15) is 5.75 Å². The van der Waals surface area contributed by atoms with Crippen molar-refractivity contribution >= 4 is 27.3 Å². The Hall–Kier alpha value is -2.05.